The highest BCUT2D eigenvalue weighted by molar-refractivity contribution is 14.1. The lowest BCUT2D eigenvalue weighted by molar-refractivity contribution is 0.00124. The number of methoxy groups -OCH3 is 1. The lowest BCUT2D eigenvalue weighted by Crippen LogP contribution is -2.56. The van der Waals surface area contributed by atoms with E-state index in [0.29, 0.717) is 48.6 Å². The molecule has 2 aromatic carbocycles. The predicted octanol–water partition coefficient (Wildman–Crippen LogP) is 6.06. The van der Waals surface area contributed by atoms with Crippen LogP contribution in [0.15, 0.2) is 43.0 Å². The van der Waals surface area contributed by atoms with Gasteiger partial charge in [0.15, 0.2) is 0 Å². The number of esters is 1. The van der Waals surface area contributed by atoms with Gasteiger partial charge in [0.2, 0.25) is 0 Å². The fourth-order valence-electron chi connectivity index (χ4n) is 4.27. The minimum Gasteiger partial charge on any atom is -0.483 e. The van der Waals surface area contributed by atoms with Gasteiger partial charge < -0.3 is 14.2 Å². The highest BCUT2D eigenvalue weighted by Gasteiger charge is 2.33. The first-order chi connectivity index (χ1) is 17.8. The Morgan fingerprint density at radius 3 is 2.50 bits per heavy atom. The number of carbonyl (C=O) groups excluding carboxylic acids is 2. The Morgan fingerprint density at radius 2 is 1.89 bits per heavy atom. The van der Waals surface area contributed by atoms with Crippen molar-refractivity contribution < 1.29 is 28.2 Å². The van der Waals surface area contributed by atoms with Crippen LogP contribution < -0.4 is 4.74 Å². The highest BCUT2D eigenvalue weighted by Crippen LogP contribution is 2.31. The van der Waals surface area contributed by atoms with Crippen LogP contribution in [-0.2, 0) is 9.47 Å². The number of hydrogen-bond acceptors (Lipinski definition) is 6. The number of ether oxygens (including phenoxy) is 3. The van der Waals surface area contributed by atoms with Crippen molar-refractivity contribution in [2.24, 2.45) is 0 Å². The molecule has 1 saturated heterocycles. The van der Waals surface area contributed by atoms with Crippen molar-refractivity contribution >= 4 is 34.7 Å². The topological polar surface area (TPSA) is 68.3 Å². The zero-order chi connectivity index (χ0) is 28.2. The van der Waals surface area contributed by atoms with Crippen LogP contribution in [0.1, 0.15) is 53.9 Å². The quantitative estimate of drug-likeness (QED) is 0.209. The predicted molar refractivity (Wildman–Crippen MR) is 153 cm³/mol. The Labute approximate surface area is 238 Å². The first kappa shape index (κ1) is 29.9. The lowest BCUT2D eigenvalue weighted by atomic mass is 10.0. The van der Waals surface area contributed by atoms with E-state index in [1.54, 1.807) is 36.1 Å². The van der Waals surface area contributed by atoms with Gasteiger partial charge in [0.1, 0.15) is 23.3 Å². The molecule has 9 heteroatoms. The Kier molecular flexibility index (Phi) is 9.80. The smallest absolute Gasteiger partial charge is 0.410 e. The Hall–Kier alpha value is -2.66. The van der Waals surface area contributed by atoms with Crippen LogP contribution in [0.2, 0.25) is 0 Å². The third-order valence-electron chi connectivity index (χ3n) is 6.35. The van der Waals surface area contributed by atoms with E-state index in [9.17, 15) is 14.0 Å². The van der Waals surface area contributed by atoms with Gasteiger partial charge in [-0.2, -0.15) is 0 Å². The third-order valence-corrected chi connectivity index (χ3v) is 7.19. The van der Waals surface area contributed by atoms with Crippen LogP contribution in [0.5, 0.6) is 5.75 Å². The van der Waals surface area contributed by atoms with Crippen LogP contribution in [0, 0.1) is 23.2 Å². The Bertz CT molecular complexity index is 1200. The summed E-state index contributed by atoms with van der Waals surface area (Å²) in [6.45, 7) is 15.0. The maximum atomic E-state index is 14.6. The molecule has 0 N–H and O–H groups in total. The van der Waals surface area contributed by atoms with Crippen LogP contribution in [0.25, 0.3) is 0 Å². The number of carbonyl (C=O) groups is 2. The van der Waals surface area contributed by atoms with Gasteiger partial charge >= 0.3 is 12.1 Å². The van der Waals surface area contributed by atoms with Crippen molar-refractivity contribution in [3.8, 4) is 5.75 Å². The van der Waals surface area contributed by atoms with E-state index in [1.807, 2.05) is 33.8 Å². The third kappa shape index (κ3) is 7.47. The molecule has 0 radical (unpaired) electrons. The summed E-state index contributed by atoms with van der Waals surface area (Å²) in [6, 6.07) is 8.41. The molecule has 1 fully saturated rings. The van der Waals surface area contributed by atoms with Crippen molar-refractivity contribution in [1.82, 2.24) is 9.80 Å². The van der Waals surface area contributed by atoms with Gasteiger partial charge in [-0.05, 0) is 92.1 Å². The van der Waals surface area contributed by atoms with E-state index in [4.69, 9.17) is 14.2 Å². The summed E-state index contributed by atoms with van der Waals surface area (Å²) >= 11 is 2.13. The zero-order valence-electron chi connectivity index (χ0n) is 22.8. The number of rotatable bonds is 7. The Balaban J connectivity index is 1.86. The normalized spacial score (nSPS) is 17.1. The highest BCUT2D eigenvalue weighted by atomic mass is 127. The summed E-state index contributed by atoms with van der Waals surface area (Å²) in [7, 11) is 1.35. The fraction of sp³-hybridized carbons (Fsp3) is 0.448. The van der Waals surface area contributed by atoms with Gasteiger partial charge in [0.05, 0.1) is 22.3 Å². The van der Waals surface area contributed by atoms with Crippen molar-refractivity contribution in [1.29, 1.82) is 0 Å². The molecule has 38 heavy (non-hydrogen) atoms. The second-order valence-electron chi connectivity index (χ2n) is 10.4. The molecule has 0 saturated carbocycles. The summed E-state index contributed by atoms with van der Waals surface area (Å²) in [5.74, 6) is -0.126. The molecule has 206 valence electrons. The number of amides is 1. The molecule has 2 atom stereocenters. The number of nitrogens with zero attached hydrogens (tertiary/aromatic N) is 2. The van der Waals surface area contributed by atoms with Gasteiger partial charge in [-0.3, -0.25) is 9.80 Å². The molecular formula is C29H36FIN2O5. The van der Waals surface area contributed by atoms with Gasteiger partial charge in [-0.1, -0.05) is 18.2 Å². The molecule has 3 rings (SSSR count). The lowest BCUT2D eigenvalue weighted by Gasteiger charge is -2.41. The molecule has 1 aliphatic heterocycles. The molecule has 0 aromatic heterocycles. The molecular weight excluding hydrogens is 602 g/mol. The minimum absolute atomic E-state index is 0.240. The van der Waals surface area contributed by atoms with Crippen LogP contribution in [-0.4, -0.2) is 66.8 Å². The van der Waals surface area contributed by atoms with Gasteiger partial charge in [-0.25, -0.2) is 14.0 Å². The maximum absolute atomic E-state index is 14.6. The molecule has 0 bridgehead atoms. The SMILES string of the molecule is C=C[C@@H]1CN(C[C@@H](Oc2cc(C)c(C(=O)OC)cc2I)c2ccc(C)c(F)c2)CCN1C(=O)OC(C)(C)C. The summed E-state index contributed by atoms with van der Waals surface area (Å²) < 4.78 is 32.3. The molecule has 0 spiro atoms. The molecule has 7 nitrogen and oxygen atoms in total. The van der Waals surface area contributed by atoms with Crippen LogP contribution >= 0.6 is 22.6 Å². The number of halogens is 2. The Morgan fingerprint density at radius 1 is 1.18 bits per heavy atom. The van der Waals surface area contributed by atoms with E-state index >= 15 is 0 Å². The van der Waals surface area contributed by atoms with E-state index < -0.39 is 17.7 Å². The first-order valence-corrected chi connectivity index (χ1v) is 13.6. The number of benzene rings is 2. The molecule has 1 aliphatic rings. The van der Waals surface area contributed by atoms with Crippen LogP contribution in [0.3, 0.4) is 0 Å². The van der Waals surface area contributed by atoms with E-state index in [2.05, 4.69) is 34.1 Å². The van der Waals surface area contributed by atoms with E-state index in [0.717, 1.165) is 9.13 Å². The van der Waals surface area contributed by atoms with E-state index in [1.165, 1.54) is 13.2 Å². The van der Waals surface area contributed by atoms with Crippen molar-refractivity contribution in [3.63, 3.8) is 0 Å². The average Bonchev–Trinajstić information content (AvgIpc) is 2.85. The average molecular weight is 639 g/mol. The molecule has 0 aliphatic carbocycles. The summed E-state index contributed by atoms with van der Waals surface area (Å²) in [5, 5.41) is 0. The minimum atomic E-state index is -0.590. The standard InChI is InChI=1S/C29H36FIN2O5/c1-8-21-16-32(11-12-33(21)28(35)38-29(4,5)6)17-26(20-10-9-18(2)23(30)14-20)37-25-13-19(3)22(15-24(25)31)27(34)36-7/h8-10,13-15,21,26H,1,11-12,16-17H2,2-7H3/t21-,26-/m1/s1. The fourth-order valence-corrected chi connectivity index (χ4v) is 4.86. The van der Waals surface area contributed by atoms with Crippen molar-refractivity contribution in [3.05, 3.63) is 74.6 Å². The van der Waals surface area contributed by atoms with E-state index in [-0.39, 0.29) is 18.0 Å². The summed E-state index contributed by atoms with van der Waals surface area (Å²) in [5.41, 5.74) is 1.85. The zero-order valence-corrected chi connectivity index (χ0v) is 25.0. The summed E-state index contributed by atoms with van der Waals surface area (Å²) in [4.78, 5) is 28.7. The largest absolute Gasteiger partial charge is 0.483 e. The molecule has 1 heterocycles. The maximum Gasteiger partial charge on any atom is 0.410 e. The second-order valence-corrected chi connectivity index (χ2v) is 11.6. The van der Waals surface area contributed by atoms with Gasteiger partial charge in [0.25, 0.3) is 0 Å². The van der Waals surface area contributed by atoms with Crippen molar-refractivity contribution in [2.75, 3.05) is 33.3 Å². The van der Waals surface area contributed by atoms with Gasteiger partial charge in [0, 0.05) is 26.2 Å². The summed E-state index contributed by atoms with van der Waals surface area (Å²) in [6.07, 6.45) is 0.877. The number of piperazine rings is 1. The van der Waals surface area contributed by atoms with Gasteiger partial charge in [-0.15, -0.1) is 6.58 Å². The molecule has 2 aromatic rings. The molecule has 0 unspecified atom stereocenters. The van der Waals surface area contributed by atoms with Crippen LogP contribution in [0.4, 0.5) is 9.18 Å². The number of aryl methyl sites for hydroxylation is 2. The number of hydrogen-bond donors (Lipinski definition) is 0. The second kappa shape index (κ2) is 12.5. The monoisotopic (exact) mass is 638 g/mol. The first-order valence-electron chi connectivity index (χ1n) is 12.5. The molecule has 1 amide bonds. The van der Waals surface area contributed by atoms with Crippen molar-refractivity contribution in [2.45, 2.75) is 52.4 Å².